The lowest BCUT2D eigenvalue weighted by atomic mass is 10.2. The smallest absolute Gasteiger partial charge is 0.319 e. The van der Waals surface area contributed by atoms with E-state index in [4.69, 9.17) is 16.1 Å². The number of amides is 2. The molecular formula is C19H19ClN4O2. The lowest BCUT2D eigenvalue weighted by Gasteiger charge is -2.12. The number of hydrogen-bond acceptors (Lipinski definition) is 4. The average molecular weight is 371 g/mol. The zero-order valence-electron chi connectivity index (χ0n) is 14.5. The first-order chi connectivity index (χ1) is 12.6. The third kappa shape index (κ3) is 4.21. The highest BCUT2D eigenvalue weighted by Gasteiger charge is 2.14. The van der Waals surface area contributed by atoms with Crippen molar-refractivity contribution in [1.29, 1.82) is 0 Å². The minimum atomic E-state index is -0.249. The van der Waals surface area contributed by atoms with Crippen LogP contribution in [-0.4, -0.2) is 22.2 Å². The van der Waals surface area contributed by atoms with Gasteiger partial charge in [0.15, 0.2) is 0 Å². The molecule has 0 saturated carbocycles. The zero-order chi connectivity index (χ0) is 18.5. The molecule has 0 aliphatic carbocycles. The van der Waals surface area contributed by atoms with Gasteiger partial charge in [0, 0.05) is 17.3 Å². The van der Waals surface area contributed by atoms with Gasteiger partial charge in [0.1, 0.15) is 0 Å². The fourth-order valence-corrected chi connectivity index (χ4v) is 2.53. The Kier molecular flexibility index (Phi) is 5.53. The maximum absolute atomic E-state index is 12.0. The fraction of sp³-hybridized carbons (Fsp3) is 0.211. The van der Waals surface area contributed by atoms with Crippen LogP contribution in [0.1, 0.15) is 20.3 Å². The Morgan fingerprint density at radius 1 is 1.23 bits per heavy atom. The van der Waals surface area contributed by atoms with Crippen molar-refractivity contribution in [2.24, 2.45) is 0 Å². The van der Waals surface area contributed by atoms with E-state index in [-0.39, 0.29) is 12.1 Å². The quantitative estimate of drug-likeness (QED) is 0.664. The third-order valence-corrected chi connectivity index (χ3v) is 4.23. The number of urea groups is 1. The minimum absolute atomic E-state index is 0.105. The number of nitrogens with one attached hydrogen (secondary N) is 2. The van der Waals surface area contributed by atoms with Gasteiger partial charge in [-0.25, -0.2) is 4.79 Å². The van der Waals surface area contributed by atoms with Crippen molar-refractivity contribution in [1.82, 2.24) is 15.5 Å². The molecule has 2 aromatic carbocycles. The second kappa shape index (κ2) is 8.01. The highest BCUT2D eigenvalue weighted by Crippen LogP contribution is 2.28. The molecule has 0 aliphatic rings. The minimum Gasteiger partial charge on any atom is -0.335 e. The van der Waals surface area contributed by atoms with Crippen molar-refractivity contribution in [3.8, 4) is 22.8 Å². The summed E-state index contributed by atoms with van der Waals surface area (Å²) in [7, 11) is 0. The first-order valence-corrected chi connectivity index (χ1v) is 8.71. The van der Waals surface area contributed by atoms with Crippen molar-refractivity contribution in [2.45, 2.75) is 26.3 Å². The van der Waals surface area contributed by atoms with Crippen molar-refractivity contribution < 1.29 is 9.32 Å². The van der Waals surface area contributed by atoms with Crippen molar-refractivity contribution in [3.05, 3.63) is 53.6 Å². The molecule has 0 fully saturated rings. The van der Waals surface area contributed by atoms with Crippen molar-refractivity contribution in [2.75, 3.05) is 5.32 Å². The van der Waals surface area contributed by atoms with Gasteiger partial charge in [-0.05, 0) is 37.6 Å². The summed E-state index contributed by atoms with van der Waals surface area (Å²) in [5.41, 5.74) is 2.05. The highest BCUT2D eigenvalue weighted by atomic mass is 35.5. The molecule has 3 aromatic rings. The van der Waals surface area contributed by atoms with Crippen LogP contribution in [0, 0.1) is 0 Å². The summed E-state index contributed by atoms with van der Waals surface area (Å²) in [6, 6.07) is 14.4. The number of halogens is 1. The fourth-order valence-electron chi connectivity index (χ4n) is 2.31. The van der Waals surface area contributed by atoms with Gasteiger partial charge in [0.2, 0.25) is 5.82 Å². The average Bonchev–Trinajstić information content (AvgIpc) is 3.12. The van der Waals surface area contributed by atoms with Crippen LogP contribution >= 0.6 is 11.6 Å². The predicted octanol–water partition coefficient (Wildman–Crippen LogP) is 4.98. The van der Waals surface area contributed by atoms with Crippen LogP contribution in [0.3, 0.4) is 0 Å². The molecule has 7 heteroatoms. The summed E-state index contributed by atoms with van der Waals surface area (Å²) in [5.74, 6) is 0.768. The lowest BCUT2D eigenvalue weighted by molar-refractivity contribution is 0.249. The summed E-state index contributed by atoms with van der Waals surface area (Å²) in [6.07, 6.45) is 0.862. The van der Waals surface area contributed by atoms with E-state index in [2.05, 4.69) is 20.8 Å². The van der Waals surface area contributed by atoms with E-state index in [0.717, 1.165) is 12.0 Å². The van der Waals surface area contributed by atoms with E-state index in [1.807, 2.05) is 44.2 Å². The summed E-state index contributed by atoms with van der Waals surface area (Å²) in [4.78, 5) is 16.4. The van der Waals surface area contributed by atoms with Crippen LogP contribution in [0.4, 0.5) is 10.5 Å². The maximum Gasteiger partial charge on any atom is 0.319 e. The largest absolute Gasteiger partial charge is 0.335 e. The van der Waals surface area contributed by atoms with E-state index in [1.54, 1.807) is 18.2 Å². The molecule has 26 heavy (non-hydrogen) atoms. The molecule has 0 aliphatic heterocycles. The molecule has 0 spiro atoms. The van der Waals surface area contributed by atoms with Crippen LogP contribution < -0.4 is 10.6 Å². The van der Waals surface area contributed by atoms with Gasteiger partial charge in [0.25, 0.3) is 5.89 Å². The molecular weight excluding hydrogens is 352 g/mol. The van der Waals surface area contributed by atoms with Crippen molar-refractivity contribution in [3.63, 3.8) is 0 Å². The lowest BCUT2D eigenvalue weighted by Crippen LogP contribution is -2.35. The van der Waals surface area contributed by atoms with Gasteiger partial charge in [-0.15, -0.1) is 0 Å². The number of benzene rings is 2. The summed E-state index contributed by atoms with van der Waals surface area (Å²) >= 11 is 6.17. The molecule has 134 valence electrons. The highest BCUT2D eigenvalue weighted by molar-refractivity contribution is 6.33. The summed E-state index contributed by atoms with van der Waals surface area (Å²) < 4.78 is 5.33. The zero-order valence-corrected chi connectivity index (χ0v) is 15.2. The number of aromatic nitrogens is 2. The number of rotatable bonds is 5. The van der Waals surface area contributed by atoms with E-state index in [9.17, 15) is 4.79 Å². The number of carbonyl (C=O) groups excluding carboxylic acids is 1. The van der Waals surface area contributed by atoms with Crippen LogP contribution in [0.5, 0.6) is 0 Å². The number of anilines is 1. The number of hydrogen-bond donors (Lipinski definition) is 2. The van der Waals surface area contributed by atoms with Crippen LogP contribution in [0.15, 0.2) is 53.1 Å². The van der Waals surface area contributed by atoms with Gasteiger partial charge < -0.3 is 15.2 Å². The Labute approximate surface area is 156 Å². The summed E-state index contributed by atoms with van der Waals surface area (Å²) in [6.45, 7) is 3.96. The van der Waals surface area contributed by atoms with Crippen LogP contribution in [0.25, 0.3) is 22.8 Å². The Bertz CT molecular complexity index is 910. The SMILES string of the molecule is CCC(C)NC(=O)Nc1cccc(-c2noc(-c3ccccc3Cl)n2)c1. The third-order valence-electron chi connectivity index (χ3n) is 3.90. The predicted molar refractivity (Wildman–Crippen MR) is 102 cm³/mol. The molecule has 2 N–H and O–H groups in total. The van der Waals surface area contributed by atoms with Crippen LogP contribution in [0.2, 0.25) is 5.02 Å². The second-order valence-electron chi connectivity index (χ2n) is 5.89. The topological polar surface area (TPSA) is 80.0 Å². The normalized spacial score (nSPS) is 11.8. The van der Waals surface area contributed by atoms with E-state index in [0.29, 0.717) is 28.0 Å². The monoisotopic (exact) mass is 370 g/mol. The Balaban J connectivity index is 1.79. The second-order valence-corrected chi connectivity index (χ2v) is 6.30. The van der Waals surface area contributed by atoms with Crippen molar-refractivity contribution >= 4 is 23.3 Å². The first kappa shape index (κ1) is 17.9. The van der Waals surface area contributed by atoms with E-state index < -0.39 is 0 Å². The Morgan fingerprint density at radius 3 is 2.81 bits per heavy atom. The molecule has 1 aromatic heterocycles. The molecule has 0 radical (unpaired) electrons. The molecule has 2 amide bonds. The number of carbonyl (C=O) groups is 1. The molecule has 0 bridgehead atoms. The first-order valence-electron chi connectivity index (χ1n) is 8.33. The van der Waals surface area contributed by atoms with Gasteiger partial charge in [-0.3, -0.25) is 0 Å². The Hall–Kier alpha value is -2.86. The Morgan fingerprint density at radius 2 is 2.04 bits per heavy atom. The van der Waals surface area contributed by atoms with Gasteiger partial charge in [-0.2, -0.15) is 4.98 Å². The van der Waals surface area contributed by atoms with Gasteiger partial charge in [0.05, 0.1) is 10.6 Å². The van der Waals surface area contributed by atoms with Crippen LogP contribution in [-0.2, 0) is 0 Å². The van der Waals surface area contributed by atoms with E-state index in [1.165, 1.54) is 0 Å². The standard InChI is InChI=1S/C19H19ClN4O2/c1-3-12(2)21-19(25)22-14-8-6-7-13(11-14)17-23-18(26-24-17)15-9-4-5-10-16(15)20/h4-12H,3H2,1-2H3,(H2,21,22,25). The van der Waals surface area contributed by atoms with Gasteiger partial charge in [-0.1, -0.05) is 47.9 Å². The molecule has 1 atom stereocenters. The van der Waals surface area contributed by atoms with E-state index >= 15 is 0 Å². The molecule has 3 rings (SSSR count). The molecule has 0 saturated heterocycles. The maximum atomic E-state index is 12.0. The molecule has 1 heterocycles. The summed E-state index contributed by atoms with van der Waals surface area (Å²) in [5, 5.41) is 10.2. The molecule has 6 nitrogen and oxygen atoms in total. The van der Waals surface area contributed by atoms with Gasteiger partial charge >= 0.3 is 6.03 Å². The number of nitrogens with zero attached hydrogens (tertiary/aromatic N) is 2. The molecule has 1 unspecified atom stereocenters.